The number of benzene rings is 2. The summed E-state index contributed by atoms with van der Waals surface area (Å²) in [5.74, 6) is 1.26. The summed E-state index contributed by atoms with van der Waals surface area (Å²) in [6.07, 6.45) is 7.49. The van der Waals surface area contributed by atoms with Gasteiger partial charge >= 0.3 is 0 Å². The summed E-state index contributed by atoms with van der Waals surface area (Å²) in [7, 11) is -0.893. The Kier molecular flexibility index (Phi) is 8.90. The van der Waals surface area contributed by atoms with E-state index in [0.29, 0.717) is 30.5 Å². The van der Waals surface area contributed by atoms with Crippen molar-refractivity contribution in [2.75, 3.05) is 33.9 Å². The maximum Gasteiger partial charge on any atom is 0.243 e. The average molecular weight is 515 g/mol. The number of likely N-dealkylation sites (tertiary alicyclic amines) is 1. The summed E-state index contributed by atoms with van der Waals surface area (Å²) in [4.78, 5) is 15.4. The first kappa shape index (κ1) is 26.5. The molecule has 1 amide bonds. The van der Waals surface area contributed by atoms with Crippen LogP contribution in [0.4, 0.5) is 0 Å². The number of carbonyl (C=O) groups excluding carboxylic acids is 1. The second-order valence-electron chi connectivity index (χ2n) is 9.87. The Hall–Kier alpha value is -2.58. The van der Waals surface area contributed by atoms with E-state index in [9.17, 15) is 13.2 Å². The molecule has 1 aliphatic heterocycles. The van der Waals surface area contributed by atoms with E-state index < -0.39 is 10.0 Å². The van der Waals surface area contributed by atoms with E-state index in [4.69, 9.17) is 9.47 Å². The standard InChI is InChI=1S/C28H38N2O5S/c1-34-26-14-13-25(20-27(26)35-2)36(32,33)30(24-11-7-4-8-12-24)21-28(31)29-17-15-23(16-18-29)19-22-9-5-3-6-10-22/h3,5-6,9-10,13-14,20,23-24H,4,7-8,11-12,15-19,21H2,1-2H3. The summed E-state index contributed by atoms with van der Waals surface area (Å²) in [6, 6.07) is 14.9. The van der Waals surface area contributed by atoms with Crippen LogP contribution in [0.15, 0.2) is 53.4 Å². The Morgan fingerprint density at radius 2 is 1.58 bits per heavy atom. The largest absolute Gasteiger partial charge is 0.493 e. The first-order valence-electron chi connectivity index (χ1n) is 13.0. The molecule has 2 fully saturated rings. The van der Waals surface area contributed by atoms with Gasteiger partial charge in [-0.25, -0.2) is 8.42 Å². The van der Waals surface area contributed by atoms with E-state index in [0.717, 1.165) is 51.4 Å². The lowest BCUT2D eigenvalue weighted by Crippen LogP contribution is -2.49. The van der Waals surface area contributed by atoms with E-state index in [1.807, 2.05) is 11.0 Å². The molecule has 0 aromatic heterocycles. The van der Waals surface area contributed by atoms with Crippen molar-refractivity contribution in [1.82, 2.24) is 9.21 Å². The summed E-state index contributed by atoms with van der Waals surface area (Å²) < 4.78 is 39.7. The zero-order valence-electron chi connectivity index (χ0n) is 21.4. The third kappa shape index (κ3) is 6.21. The van der Waals surface area contributed by atoms with Crippen LogP contribution in [0.1, 0.15) is 50.5 Å². The van der Waals surface area contributed by atoms with Gasteiger partial charge in [-0.2, -0.15) is 4.31 Å². The fourth-order valence-corrected chi connectivity index (χ4v) is 7.11. The SMILES string of the molecule is COc1ccc(S(=O)(=O)N(CC(=O)N2CCC(Cc3ccccc3)CC2)C2CCCCC2)cc1OC. The van der Waals surface area contributed by atoms with Crippen LogP contribution in [-0.2, 0) is 21.2 Å². The number of methoxy groups -OCH3 is 2. The molecule has 0 bridgehead atoms. The number of ether oxygens (including phenoxy) is 2. The van der Waals surface area contributed by atoms with Gasteiger partial charge < -0.3 is 14.4 Å². The van der Waals surface area contributed by atoms with E-state index in [1.165, 1.54) is 36.2 Å². The number of rotatable bonds is 9. The third-order valence-electron chi connectivity index (χ3n) is 7.57. The van der Waals surface area contributed by atoms with E-state index in [1.54, 1.807) is 6.07 Å². The molecular weight excluding hydrogens is 476 g/mol. The van der Waals surface area contributed by atoms with Crippen LogP contribution in [0.3, 0.4) is 0 Å². The Morgan fingerprint density at radius 3 is 2.22 bits per heavy atom. The molecule has 7 nitrogen and oxygen atoms in total. The van der Waals surface area contributed by atoms with Gasteiger partial charge in [-0.1, -0.05) is 49.6 Å². The van der Waals surface area contributed by atoms with Crippen molar-refractivity contribution in [2.45, 2.75) is 62.3 Å². The van der Waals surface area contributed by atoms with Gasteiger partial charge in [0.15, 0.2) is 11.5 Å². The molecule has 0 spiro atoms. The van der Waals surface area contributed by atoms with Crippen molar-refractivity contribution in [1.29, 1.82) is 0 Å². The van der Waals surface area contributed by atoms with Gasteiger partial charge in [0, 0.05) is 25.2 Å². The fraction of sp³-hybridized carbons (Fsp3) is 0.536. The summed E-state index contributed by atoms with van der Waals surface area (Å²) in [6.45, 7) is 1.22. The summed E-state index contributed by atoms with van der Waals surface area (Å²) in [5.41, 5.74) is 1.33. The molecule has 1 saturated heterocycles. The van der Waals surface area contributed by atoms with Crippen molar-refractivity contribution in [3.63, 3.8) is 0 Å². The lowest BCUT2D eigenvalue weighted by atomic mass is 9.90. The average Bonchev–Trinajstić information content (AvgIpc) is 2.92. The molecule has 8 heteroatoms. The fourth-order valence-electron chi connectivity index (χ4n) is 5.46. The highest BCUT2D eigenvalue weighted by Crippen LogP contribution is 2.33. The summed E-state index contributed by atoms with van der Waals surface area (Å²) >= 11 is 0. The van der Waals surface area contributed by atoms with Crippen molar-refractivity contribution in [2.24, 2.45) is 5.92 Å². The molecule has 2 aliphatic rings. The van der Waals surface area contributed by atoms with Crippen LogP contribution in [0.25, 0.3) is 0 Å². The molecule has 36 heavy (non-hydrogen) atoms. The van der Waals surface area contributed by atoms with Crippen molar-refractivity contribution in [3.8, 4) is 11.5 Å². The highest BCUT2D eigenvalue weighted by atomic mass is 32.2. The molecule has 2 aromatic rings. The summed E-state index contributed by atoms with van der Waals surface area (Å²) in [5, 5.41) is 0. The Bertz CT molecular complexity index is 1110. The minimum absolute atomic E-state index is 0.109. The lowest BCUT2D eigenvalue weighted by Gasteiger charge is -2.36. The molecule has 1 saturated carbocycles. The maximum atomic E-state index is 13.8. The first-order valence-corrected chi connectivity index (χ1v) is 14.4. The zero-order valence-corrected chi connectivity index (χ0v) is 22.2. The number of piperidine rings is 1. The van der Waals surface area contributed by atoms with E-state index in [-0.39, 0.29) is 23.4 Å². The molecule has 0 unspecified atom stereocenters. The predicted molar refractivity (Wildman–Crippen MR) is 140 cm³/mol. The minimum atomic E-state index is -3.89. The molecule has 2 aromatic carbocycles. The molecule has 0 radical (unpaired) electrons. The minimum Gasteiger partial charge on any atom is -0.493 e. The molecule has 0 atom stereocenters. The predicted octanol–water partition coefficient (Wildman–Crippen LogP) is 4.51. The van der Waals surface area contributed by atoms with Crippen molar-refractivity contribution >= 4 is 15.9 Å². The molecule has 4 rings (SSSR count). The Labute approximate surface area is 215 Å². The second kappa shape index (κ2) is 12.1. The highest BCUT2D eigenvalue weighted by molar-refractivity contribution is 7.89. The lowest BCUT2D eigenvalue weighted by molar-refractivity contribution is -0.133. The molecule has 0 N–H and O–H groups in total. The number of hydrogen-bond acceptors (Lipinski definition) is 5. The molecule has 1 aliphatic carbocycles. The van der Waals surface area contributed by atoms with Gasteiger partial charge in [-0.05, 0) is 55.7 Å². The smallest absolute Gasteiger partial charge is 0.243 e. The van der Waals surface area contributed by atoms with Crippen LogP contribution >= 0.6 is 0 Å². The Morgan fingerprint density at radius 1 is 0.917 bits per heavy atom. The van der Waals surface area contributed by atoms with Crippen LogP contribution in [0.5, 0.6) is 11.5 Å². The normalized spacial score (nSPS) is 17.8. The quantitative estimate of drug-likeness (QED) is 0.492. The number of nitrogens with zero attached hydrogens (tertiary/aromatic N) is 2. The van der Waals surface area contributed by atoms with Crippen LogP contribution in [-0.4, -0.2) is 63.4 Å². The van der Waals surface area contributed by atoms with Gasteiger partial charge in [0.2, 0.25) is 15.9 Å². The van der Waals surface area contributed by atoms with Gasteiger partial charge in [-0.15, -0.1) is 0 Å². The molecule has 196 valence electrons. The topological polar surface area (TPSA) is 76.2 Å². The van der Waals surface area contributed by atoms with Crippen LogP contribution in [0, 0.1) is 5.92 Å². The number of hydrogen-bond donors (Lipinski definition) is 0. The van der Waals surface area contributed by atoms with Crippen molar-refractivity contribution in [3.05, 3.63) is 54.1 Å². The second-order valence-corrected chi connectivity index (χ2v) is 11.8. The highest BCUT2D eigenvalue weighted by Gasteiger charge is 2.36. The third-order valence-corrected chi connectivity index (χ3v) is 9.46. The van der Waals surface area contributed by atoms with E-state index in [2.05, 4.69) is 24.3 Å². The van der Waals surface area contributed by atoms with Gasteiger partial charge in [0.05, 0.1) is 25.7 Å². The van der Waals surface area contributed by atoms with E-state index >= 15 is 0 Å². The van der Waals surface area contributed by atoms with Gasteiger partial charge in [0.1, 0.15) is 0 Å². The van der Waals surface area contributed by atoms with Crippen molar-refractivity contribution < 1.29 is 22.7 Å². The monoisotopic (exact) mass is 514 g/mol. The number of amides is 1. The molecule has 1 heterocycles. The Balaban J connectivity index is 1.47. The van der Waals surface area contributed by atoms with Crippen LogP contribution < -0.4 is 9.47 Å². The van der Waals surface area contributed by atoms with Crippen LogP contribution in [0.2, 0.25) is 0 Å². The molecular formula is C28H38N2O5S. The number of sulfonamides is 1. The van der Waals surface area contributed by atoms with Gasteiger partial charge in [0.25, 0.3) is 0 Å². The maximum absolute atomic E-state index is 13.8. The first-order chi connectivity index (χ1) is 17.4. The number of carbonyl (C=O) groups is 1. The van der Waals surface area contributed by atoms with Gasteiger partial charge in [-0.3, -0.25) is 4.79 Å². The zero-order chi connectivity index (χ0) is 25.5.